The number of rotatable bonds is 6. The zero-order valence-electron chi connectivity index (χ0n) is 14.7. The van der Waals surface area contributed by atoms with E-state index in [0.717, 1.165) is 5.56 Å². The molecule has 0 fully saturated rings. The molecule has 0 aliphatic heterocycles. The highest BCUT2D eigenvalue weighted by molar-refractivity contribution is 5.97. The molecule has 3 N–H and O–H groups in total. The van der Waals surface area contributed by atoms with Crippen LogP contribution in [0.1, 0.15) is 39.3 Å². The Kier molecular flexibility index (Phi) is 5.16. The molecule has 2 aromatic carbocycles. The summed E-state index contributed by atoms with van der Waals surface area (Å²) >= 11 is 0. The maximum Gasteiger partial charge on any atom is 0.349 e. The predicted molar refractivity (Wildman–Crippen MR) is 94.3 cm³/mol. The molecule has 0 saturated heterocycles. The number of hydrogen-bond acceptors (Lipinski definition) is 5. The van der Waals surface area contributed by atoms with E-state index in [-0.39, 0.29) is 11.1 Å². The van der Waals surface area contributed by atoms with Gasteiger partial charge in [-0.2, -0.15) is 8.78 Å². The molecular formula is C19H16F2N4O3. The highest BCUT2D eigenvalue weighted by Crippen LogP contribution is 2.35. The normalized spacial score (nSPS) is 12.4. The zero-order chi connectivity index (χ0) is 20.3. The predicted octanol–water partition coefficient (Wildman–Crippen LogP) is 2.47. The quantitative estimate of drug-likeness (QED) is 0.676. The molecule has 1 aromatic heterocycles. The van der Waals surface area contributed by atoms with E-state index in [1.807, 2.05) is 6.92 Å². The van der Waals surface area contributed by atoms with Crippen LogP contribution in [0.3, 0.4) is 0 Å². The fraction of sp³-hybridized carbons (Fsp3) is 0.158. The van der Waals surface area contributed by atoms with Crippen molar-refractivity contribution in [1.82, 2.24) is 15.5 Å². The van der Waals surface area contributed by atoms with Crippen molar-refractivity contribution in [3.63, 3.8) is 0 Å². The number of nitrogens with zero attached hydrogens (tertiary/aromatic N) is 2. The number of primary amides is 1. The first kappa shape index (κ1) is 19.2. The summed E-state index contributed by atoms with van der Waals surface area (Å²) in [6.45, 7) is 1.85. The van der Waals surface area contributed by atoms with E-state index in [9.17, 15) is 18.4 Å². The van der Waals surface area contributed by atoms with Gasteiger partial charge >= 0.3 is 5.92 Å². The Labute approximate surface area is 158 Å². The molecule has 1 heterocycles. The summed E-state index contributed by atoms with van der Waals surface area (Å²) in [6.07, 6.45) is 0. The molecular weight excluding hydrogens is 370 g/mol. The molecule has 2 amide bonds. The van der Waals surface area contributed by atoms with Gasteiger partial charge in [-0.05, 0) is 19.1 Å². The van der Waals surface area contributed by atoms with E-state index >= 15 is 0 Å². The van der Waals surface area contributed by atoms with Crippen molar-refractivity contribution in [2.75, 3.05) is 0 Å². The number of carbonyl (C=O) groups excluding carboxylic acids is 2. The molecule has 28 heavy (non-hydrogen) atoms. The summed E-state index contributed by atoms with van der Waals surface area (Å²) < 4.78 is 34.1. The van der Waals surface area contributed by atoms with Crippen LogP contribution in [-0.4, -0.2) is 22.0 Å². The lowest BCUT2D eigenvalue weighted by Gasteiger charge is -2.13. The van der Waals surface area contributed by atoms with Crippen LogP contribution < -0.4 is 11.1 Å². The lowest BCUT2D eigenvalue weighted by Crippen LogP contribution is -2.37. The van der Waals surface area contributed by atoms with Gasteiger partial charge in [0.05, 0.1) is 0 Å². The number of amides is 2. The van der Waals surface area contributed by atoms with Gasteiger partial charge in [0, 0.05) is 11.1 Å². The molecule has 3 aromatic rings. The van der Waals surface area contributed by atoms with Gasteiger partial charge in [0.1, 0.15) is 0 Å². The Morgan fingerprint density at radius 3 is 2.32 bits per heavy atom. The first-order valence-corrected chi connectivity index (χ1v) is 8.23. The van der Waals surface area contributed by atoms with Gasteiger partial charge < -0.3 is 15.5 Å². The van der Waals surface area contributed by atoms with Crippen LogP contribution >= 0.6 is 0 Å². The minimum Gasteiger partial charge on any atom is -0.416 e. The number of aromatic nitrogens is 2. The summed E-state index contributed by atoms with van der Waals surface area (Å²) in [6, 6.07) is 11.8. The third-order valence-corrected chi connectivity index (χ3v) is 3.97. The first-order valence-electron chi connectivity index (χ1n) is 8.23. The van der Waals surface area contributed by atoms with E-state index in [0.29, 0.717) is 0 Å². The Balaban J connectivity index is 1.85. The number of alkyl halides is 2. The molecule has 144 valence electrons. The number of carbonyl (C=O) groups is 2. The summed E-state index contributed by atoms with van der Waals surface area (Å²) in [5.41, 5.74) is 6.12. The summed E-state index contributed by atoms with van der Waals surface area (Å²) in [5, 5.41) is 9.13. The van der Waals surface area contributed by atoms with Gasteiger partial charge in [-0.25, -0.2) is 0 Å². The molecule has 0 aliphatic rings. The summed E-state index contributed by atoms with van der Waals surface area (Å²) in [7, 11) is 0. The van der Waals surface area contributed by atoms with Gasteiger partial charge in [0.15, 0.2) is 6.04 Å². The molecule has 9 heteroatoms. The standard InChI is InChI=1S/C19H16F2N4O3/c1-11-7-9-12(10-8-11)16(27)23-14(15(22)26)17-24-25-18(28-17)19(20,21)13-5-3-2-4-6-13/h2-10,14H,1H3,(H2,22,26)(H,23,27)/t14-/m1/s1. The lowest BCUT2D eigenvalue weighted by molar-refractivity contribution is -0.120. The van der Waals surface area contributed by atoms with Crippen LogP contribution in [0.5, 0.6) is 0 Å². The van der Waals surface area contributed by atoms with Crippen molar-refractivity contribution < 1.29 is 22.8 Å². The molecule has 0 bridgehead atoms. The monoisotopic (exact) mass is 386 g/mol. The smallest absolute Gasteiger partial charge is 0.349 e. The highest BCUT2D eigenvalue weighted by Gasteiger charge is 2.41. The van der Waals surface area contributed by atoms with E-state index < -0.39 is 35.6 Å². The maximum atomic E-state index is 14.5. The second kappa shape index (κ2) is 7.55. The molecule has 0 aliphatic carbocycles. The number of hydrogen-bond donors (Lipinski definition) is 2. The minimum atomic E-state index is -3.57. The molecule has 3 rings (SSSR count). The topological polar surface area (TPSA) is 111 Å². The van der Waals surface area contributed by atoms with Gasteiger partial charge in [-0.3, -0.25) is 9.59 Å². The van der Waals surface area contributed by atoms with E-state index in [2.05, 4.69) is 15.5 Å². The van der Waals surface area contributed by atoms with Crippen molar-refractivity contribution in [2.24, 2.45) is 5.73 Å². The lowest BCUT2D eigenvalue weighted by atomic mass is 10.1. The summed E-state index contributed by atoms with van der Waals surface area (Å²) in [5.74, 6) is -6.78. The summed E-state index contributed by atoms with van der Waals surface area (Å²) in [4.78, 5) is 24.1. The first-order chi connectivity index (χ1) is 13.3. The van der Waals surface area contributed by atoms with E-state index in [4.69, 9.17) is 10.2 Å². The van der Waals surface area contributed by atoms with Crippen LogP contribution in [0, 0.1) is 6.92 Å². The molecule has 1 atom stereocenters. The second-order valence-electron chi connectivity index (χ2n) is 6.06. The van der Waals surface area contributed by atoms with Crippen molar-refractivity contribution in [1.29, 1.82) is 0 Å². The molecule has 0 spiro atoms. The number of benzene rings is 2. The zero-order valence-corrected chi connectivity index (χ0v) is 14.7. The molecule has 0 saturated carbocycles. The van der Waals surface area contributed by atoms with Crippen molar-refractivity contribution in [3.05, 3.63) is 83.1 Å². The fourth-order valence-electron chi connectivity index (χ4n) is 2.42. The number of halogens is 2. The van der Waals surface area contributed by atoms with Gasteiger partial charge in [-0.1, -0.05) is 48.0 Å². The third-order valence-electron chi connectivity index (χ3n) is 3.97. The van der Waals surface area contributed by atoms with Crippen molar-refractivity contribution >= 4 is 11.8 Å². The van der Waals surface area contributed by atoms with E-state index in [1.165, 1.54) is 24.3 Å². The van der Waals surface area contributed by atoms with Gasteiger partial charge in [0.25, 0.3) is 11.8 Å². The highest BCUT2D eigenvalue weighted by atomic mass is 19.3. The average Bonchev–Trinajstić information content (AvgIpc) is 3.17. The number of nitrogens with two attached hydrogens (primary N) is 1. The van der Waals surface area contributed by atoms with Crippen LogP contribution in [0.25, 0.3) is 0 Å². The SMILES string of the molecule is Cc1ccc(C(=O)N[C@H](C(N)=O)c2nnc(C(F)(F)c3ccccc3)o2)cc1. The Hall–Kier alpha value is -3.62. The van der Waals surface area contributed by atoms with Crippen molar-refractivity contribution in [3.8, 4) is 0 Å². The van der Waals surface area contributed by atoms with Crippen molar-refractivity contribution in [2.45, 2.75) is 18.9 Å². The third kappa shape index (κ3) is 3.88. The van der Waals surface area contributed by atoms with Gasteiger partial charge in [-0.15, -0.1) is 10.2 Å². The Bertz CT molecular complexity index is 988. The molecule has 0 radical (unpaired) electrons. The second-order valence-corrected chi connectivity index (χ2v) is 6.06. The minimum absolute atomic E-state index is 0.256. The van der Waals surface area contributed by atoms with Crippen LogP contribution in [0.2, 0.25) is 0 Å². The van der Waals surface area contributed by atoms with E-state index in [1.54, 1.807) is 30.3 Å². The molecule has 7 nitrogen and oxygen atoms in total. The molecule has 0 unspecified atom stereocenters. The Morgan fingerprint density at radius 2 is 1.71 bits per heavy atom. The number of nitrogens with one attached hydrogen (secondary N) is 1. The average molecular weight is 386 g/mol. The van der Waals surface area contributed by atoms with Crippen LogP contribution in [0.4, 0.5) is 8.78 Å². The van der Waals surface area contributed by atoms with Crippen LogP contribution in [-0.2, 0) is 10.7 Å². The van der Waals surface area contributed by atoms with Gasteiger partial charge in [0.2, 0.25) is 11.8 Å². The Morgan fingerprint density at radius 1 is 1.07 bits per heavy atom. The largest absolute Gasteiger partial charge is 0.416 e. The van der Waals surface area contributed by atoms with Crippen LogP contribution in [0.15, 0.2) is 59.0 Å². The fourth-order valence-corrected chi connectivity index (χ4v) is 2.42. The maximum absolute atomic E-state index is 14.5. The number of aryl methyl sites for hydroxylation is 1.